The predicted molar refractivity (Wildman–Crippen MR) is 66.8 cm³/mol. The van der Waals surface area contributed by atoms with Crippen LogP contribution in [0.2, 0.25) is 0 Å². The van der Waals surface area contributed by atoms with E-state index in [-0.39, 0.29) is 0 Å². The van der Waals surface area contributed by atoms with Gasteiger partial charge in [-0.15, -0.1) is 0 Å². The summed E-state index contributed by atoms with van der Waals surface area (Å²) in [6, 6.07) is 5.90. The zero-order valence-electron chi connectivity index (χ0n) is 9.17. The Morgan fingerprint density at radius 3 is 2.81 bits per heavy atom. The lowest BCUT2D eigenvalue weighted by Gasteiger charge is -2.04. The number of rotatable bonds is 7. The van der Waals surface area contributed by atoms with Crippen LogP contribution in [0.3, 0.4) is 0 Å². The van der Waals surface area contributed by atoms with E-state index in [0.29, 0.717) is 6.42 Å². The summed E-state index contributed by atoms with van der Waals surface area (Å²) in [6.45, 7) is 0. The molecule has 0 aliphatic rings. The molecule has 1 heterocycles. The highest BCUT2D eigenvalue weighted by atomic mass is 32.1. The van der Waals surface area contributed by atoms with E-state index in [0.717, 1.165) is 31.4 Å². The van der Waals surface area contributed by atoms with E-state index in [1.165, 1.54) is 0 Å². The first kappa shape index (κ1) is 13.0. The topological polar surface area (TPSA) is 50.2 Å². The van der Waals surface area contributed by atoms with Crippen molar-refractivity contribution in [3.63, 3.8) is 0 Å². The number of aliphatic carboxylic acids is 1. The van der Waals surface area contributed by atoms with Gasteiger partial charge in [-0.25, -0.2) is 0 Å². The zero-order chi connectivity index (χ0) is 11.8. The number of pyridine rings is 1. The van der Waals surface area contributed by atoms with Gasteiger partial charge in [0.25, 0.3) is 0 Å². The van der Waals surface area contributed by atoms with Crippen molar-refractivity contribution in [2.45, 2.75) is 37.4 Å². The first-order chi connectivity index (χ1) is 7.70. The summed E-state index contributed by atoms with van der Waals surface area (Å²) in [4.78, 5) is 14.7. The van der Waals surface area contributed by atoms with Gasteiger partial charge in [0.05, 0.1) is 5.25 Å². The van der Waals surface area contributed by atoms with Crippen LogP contribution >= 0.6 is 12.6 Å². The number of hydrogen-bond acceptors (Lipinski definition) is 3. The Bertz CT molecular complexity index is 316. The second kappa shape index (κ2) is 7.28. The molecule has 1 atom stereocenters. The molecule has 0 saturated heterocycles. The third kappa shape index (κ3) is 5.16. The fraction of sp³-hybridized carbons (Fsp3) is 0.500. The Labute approximate surface area is 101 Å². The summed E-state index contributed by atoms with van der Waals surface area (Å²) in [5, 5.41) is 8.11. The van der Waals surface area contributed by atoms with Crippen LogP contribution < -0.4 is 0 Å². The zero-order valence-corrected chi connectivity index (χ0v) is 10.1. The van der Waals surface area contributed by atoms with Crippen LogP contribution in [0.15, 0.2) is 24.4 Å². The normalized spacial score (nSPS) is 12.3. The number of aromatic nitrogens is 1. The Morgan fingerprint density at radius 1 is 1.38 bits per heavy atom. The minimum absolute atomic E-state index is 0.519. The third-order valence-corrected chi connectivity index (χ3v) is 2.90. The molecular weight excluding hydrogens is 222 g/mol. The third-order valence-electron chi connectivity index (χ3n) is 2.42. The minimum Gasteiger partial charge on any atom is -0.480 e. The van der Waals surface area contributed by atoms with E-state index < -0.39 is 11.2 Å². The Balaban J connectivity index is 2.07. The Kier molecular flexibility index (Phi) is 5.93. The smallest absolute Gasteiger partial charge is 0.316 e. The van der Waals surface area contributed by atoms with E-state index in [1.54, 1.807) is 6.20 Å². The van der Waals surface area contributed by atoms with Crippen molar-refractivity contribution in [3.8, 4) is 0 Å². The number of unbranched alkanes of at least 4 members (excludes halogenated alkanes) is 2. The van der Waals surface area contributed by atoms with Gasteiger partial charge in [0.2, 0.25) is 0 Å². The van der Waals surface area contributed by atoms with Gasteiger partial charge < -0.3 is 5.11 Å². The first-order valence-corrected chi connectivity index (χ1v) is 6.02. The molecule has 4 heteroatoms. The van der Waals surface area contributed by atoms with Crippen LogP contribution in [-0.2, 0) is 11.2 Å². The largest absolute Gasteiger partial charge is 0.480 e. The molecule has 1 unspecified atom stereocenters. The number of carboxylic acid groups (broad SMARTS) is 1. The molecule has 3 nitrogen and oxygen atoms in total. The van der Waals surface area contributed by atoms with Crippen molar-refractivity contribution in [2.75, 3.05) is 0 Å². The van der Waals surface area contributed by atoms with Crippen molar-refractivity contribution in [2.24, 2.45) is 0 Å². The molecule has 0 aliphatic carbocycles. The number of aryl methyl sites for hydroxylation is 1. The molecule has 88 valence electrons. The fourth-order valence-electron chi connectivity index (χ4n) is 1.49. The van der Waals surface area contributed by atoms with E-state index in [2.05, 4.69) is 17.6 Å². The van der Waals surface area contributed by atoms with Gasteiger partial charge in [-0.2, -0.15) is 12.6 Å². The molecule has 0 aromatic carbocycles. The molecule has 0 radical (unpaired) electrons. The highest BCUT2D eigenvalue weighted by Gasteiger charge is 2.10. The average molecular weight is 239 g/mol. The van der Waals surface area contributed by atoms with Gasteiger partial charge in [-0.05, 0) is 31.4 Å². The maximum Gasteiger partial charge on any atom is 0.316 e. The van der Waals surface area contributed by atoms with E-state index in [9.17, 15) is 4.79 Å². The SMILES string of the molecule is O=C(O)C(S)CCCCCc1ccccn1. The van der Waals surface area contributed by atoms with Crippen molar-refractivity contribution < 1.29 is 9.90 Å². The van der Waals surface area contributed by atoms with Crippen molar-refractivity contribution >= 4 is 18.6 Å². The van der Waals surface area contributed by atoms with E-state index in [4.69, 9.17) is 5.11 Å². The lowest BCUT2D eigenvalue weighted by atomic mass is 10.1. The number of nitrogens with zero attached hydrogens (tertiary/aromatic N) is 1. The summed E-state index contributed by atoms with van der Waals surface area (Å²) in [6.07, 6.45) is 6.39. The van der Waals surface area contributed by atoms with E-state index in [1.807, 2.05) is 18.2 Å². The highest BCUT2D eigenvalue weighted by Crippen LogP contribution is 2.10. The molecule has 0 amide bonds. The van der Waals surface area contributed by atoms with Crippen molar-refractivity contribution in [1.82, 2.24) is 4.98 Å². The first-order valence-electron chi connectivity index (χ1n) is 5.51. The van der Waals surface area contributed by atoms with Gasteiger partial charge in [0, 0.05) is 11.9 Å². The van der Waals surface area contributed by atoms with E-state index >= 15 is 0 Å². The number of thiol groups is 1. The van der Waals surface area contributed by atoms with Crippen LogP contribution in [0.5, 0.6) is 0 Å². The number of hydrogen-bond donors (Lipinski definition) is 2. The molecule has 1 rings (SSSR count). The second-order valence-electron chi connectivity index (χ2n) is 3.77. The predicted octanol–water partition coefficient (Wildman–Crippen LogP) is 2.57. The summed E-state index contributed by atoms with van der Waals surface area (Å²) < 4.78 is 0. The molecule has 16 heavy (non-hydrogen) atoms. The molecule has 0 fully saturated rings. The minimum atomic E-state index is -0.826. The molecule has 0 spiro atoms. The fourth-order valence-corrected chi connectivity index (χ4v) is 1.67. The lowest BCUT2D eigenvalue weighted by Crippen LogP contribution is -2.12. The second-order valence-corrected chi connectivity index (χ2v) is 4.40. The molecule has 1 aromatic rings. The lowest BCUT2D eigenvalue weighted by molar-refractivity contribution is -0.136. The molecule has 1 aromatic heterocycles. The summed E-state index contributed by atoms with van der Waals surface area (Å²) in [7, 11) is 0. The Morgan fingerprint density at radius 2 is 2.19 bits per heavy atom. The summed E-state index contributed by atoms with van der Waals surface area (Å²) >= 11 is 3.99. The van der Waals surface area contributed by atoms with Crippen LogP contribution in [-0.4, -0.2) is 21.3 Å². The van der Waals surface area contributed by atoms with Gasteiger partial charge in [0.1, 0.15) is 0 Å². The summed E-state index contributed by atoms with van der Waals surface area (Å²) in [5.41, 5.74) is 1.10. The van der Waals surface area contributed by atoms with Crippen LogP contribution in [0.25, 0.3) is 0 Å². The quantitative estimate of drug-likeness (QED) is 0.568. The maximum absolute atomic E-state index is 10.5. The van der Waals surface area contributed by atoms with Gasteiger partial charge in [-0.3, -0.25) is 9.78 Å². The van der Waals surface area contributed by atoms with Crippen molar-refractivity contribution in [3.05, 3.63) is 30.1 Å². The van der Waals surface area contributed by atoms with Gasteiger partial charge >= 0.3 is 5.97 Å². The standard InChI is InChI=1S/C12H17NO2S/c14-12(15)11(16)8-3-1-2-6-10-7-4-5-9-13-10/h4-5,7,9,11,16H,1-3,6,8H2,(H,14,15). The molecule has 0 bridgehead atoms. The monoisotopic (exact) mass is 239 g/mol. The summed E-state index contributed by atoms with van der Waals surface area (Å²) in [5.74, 6) is -0.826. The Hall–Kier alpha value is -1.03. The average Bonchev–Trinajstić information content (AvgIpc) is 2.29. The van der Waals surface area contributed by atoms with Crippen LogP contribution in [0, 0.1) is 0 Å². The van der Waals surface area contributed by atoms with Crippen molar-refractivity contribution in [1.29, 1.82) is 0 Å². The molecular formula is C12H17NO2S. The molecule has 1 N–H and O–H groups in total. The maximum atomic E-state index is 10.5. The van der Waals surface area contributed by atoms with Crippen LogP contribution in [0.4, 0.5) is 0 Å². The highest BCUT2D eigenvalue weighted by molar-refractivity contribution is 7.81. The number of carboxylic acids is 1. The molecule has 0 aliphatic heterocycles. The van der Waals surface area contributed by atoms with Gasteiger partial charge in [-0.1, -0.05) is 18.9 Å². The number of carbonyl (C=O) groups is 1. The van der Waals surface area contributed by atoms with Gasteiger partial charge in [0.15, 0.2) is 0 Å². The van der Waals surface area contributed by atoms with Crippen LogP contribution in [0.1, 0.15) is 31.4 Å². The molecule has 0 saturated carbocycles.